The molecular weight excluding hydrogens is 202 g/mol. The van der Waals surface area contributed by atoms with E-state index in [1.165, 1.54) is 11.3 Å². The molecule has 1 atom stereocenters. The van der Waals surface area contributed by atoms with E-state index in [2.05, 4.69) is 31.0 Å². The summed E-state index contributed by atoms with van der Waals surface area (Å²) in [5, 5.41) is 8.64. The van der Waals surface area contributed by atoms with Crippen LogP contribution in [-0.2, 0) is 17.6 Å². The highest BCUT2D eigenvalue weighted by Crippen LogP contribution is 2.31. The fraction of sp³-hybridized carbons (Fsp3) is 0.462. The molecule has 0 fully saturated rings. The van der Waals surface area contributed by atoms with Crippen LogP contribution in [0.4, 0.5) is 5.69 Å². The summed E-state index contributed by atoms with van der Waals surface area (Å²) in [6.07, 6.45) is 1.90. The average molecular weight is 219 g/mol. The molecule has 1 unspecified atom stereocenters. The second kappa shape index (κ2) is 4.16. The predicted octanol–water partition coefficient (Wildman–Crippen LogP) is 2.08. The number of hydrogen-bond acceptors (Lipinski definition) is 2. The number of hydrogen-bond donors (Lipinski definition) is 1. The number of rotatable bonds is 3. The van der Waals surface area contributed by atoms with Gasteiger partial charge in [0.15, 0.2) is 0 Å². The molecule has 1 aromatic carbocycles. The number of likely N-dealkylation sites (N-methyl/N-ethyl adjacent to an activating group) is 1. The molecule has 1 heterocycles. The fourth-order valence-electron chi connectivity index (χ4n) is 2.25. The topological polar surface area (TPSA) is 40.5 Å². The van der Waals surface area contributed by atoms with Gasteiger partial charge >= 0.3 is 5.97 Å². The quantitative estimate of drug-likeness (QED) is 0.846. The van der Waals surface area contributed by atoms with Crippen molar-refractivity contribution < 1.29 is 9.90 Å². The molecule has 1 aliphatic heterocycles. The molecule has 0 radical (unpaired) electrons. The Bertz CT molecular complexity index is 414. The number of anilines is 1. The van der Waals surface area contributed by atoms with Crippen molar-refractivity contribution in [2.45, 2.75) is 32.2 Å². The lowest BCUT2D eigenvalue weighted by Crippen LogP contribution is -2.23. The second-order valence-electron chi connectivity index (χ2n) is 4.52. The first-order valence-corrected chi connectivity index (χ1v) is 5.64. The van der Waals surface area contributed by atoms with Crippen LogP contribution in [0.25, 0.3) is 0 Å². The summed E-state index contributed by atoms with van der Waals surface area (Å²) in [5.74, 6) is -0.731. The predicted molar refractivity (Wildman–Crippen MR) is 64.0 cm³/mol. The van der Waals surface area contributed by atoms with Gasteiger partial charge in [-0.05, 0) is 37.0 Å². The van der Waals surface area contributed by atoms with Gasteiger partial charge in [0.2, 0.25) is 0 Å². The molecule has 0 aliphatic carbocycles. The van der Waals surface area contributed by atoms with Crippen molar-refractivity contribution >= 4 is 11.7 Å². The lowest BCUT2D eigenvalue weighted by molar-refractivity contribution is -0.136. The van der Waals surface area contributed by atoms with Gasteiger partial charge < -0.3 is 10.0 Å². The minimum absolute atomic E-state index is 0.212. The standard InChI is InChI=1S/C13H17NO2/c1-9-7-11-8-10(4-6-13(15)16)3-5-12(11)14(9)2/h3,5,8-9H,4,6-7H2,1-2H3,(H,15,16). The van der Waals surface area contributed by atoms with E-state index in [0.717, 1.165) is 12.0 Å². The number of aliphatic carboxylic acids is 1. The Morgan fingerprint density at radius 3 is 3.00 bits per heavy atom. The second-order valence-corrected chi connectivity index (χ2v) is 4.52. The largest absolute Gasteiger partial charge is 0.481 e. The Hall–Kier alpha value is -1.51. The van der Waals surface area contributed by atoms with Crippen LogP contribution >= 0.6 is 0 Å². The van der Waals surface area contributed by atoms with Crippen LogP contribution in [0.5, 0.6) is 0 Å². The van der Waals surface area contributed by atoms with Gasteiger partial charge in [-0.3, -0.25) is 4.79 Å². The number of nitrogens with zero attached hydrogens (tertiary/aromatic N) is 1. The SMILES string of the molecule is CC1Cc2cc(CCC(=O)O)ccc2N1C. The summed E-state index contributed by atoms with van der Waals surface area (Å²) in [5.41, 5.74) is 3.76. The number of carboxylic acid groups (broad SMARTS) is 1. The first-order chi connectivity index (χ1) is 7.58. The molecule has 3 nitrogen and oxygen atoms in total. The molecule has 0 saturated heterocycles. The van der Waals surface area contributed by atoms with E-state index in [-0.39, 0.29) is 6.42 Å². The molecule has 0 amide bonds. The van der Waals surface area contributed by atoms with Crippen LogP contribution in [0, 0.1) is 0 Å². The van der Waals surface area contributed by atoms with Gasteiger partial charge in [-0.25, -0.2) is 0 Å². The summed E-state index contributed by atoms with van der Waals surface area (Å²) in [6.45, 7) is 2.21. The smallest absolute Gasteiger partial charge is 0.303 e. The Morgan fingerprint density at radius 2 is 2.31 bits per heavy atom. The summed E-state index contributed by atoms with van der Waals surface area (Å²) < 4.78 is 0. The van der Waals surface area contributed by atoms with Crippen LogP contribution in [0.2, 0.25) is 0 Å². The van der Waals surface area contributed by atoms with Crippen molar-refractivity contribution in [3.8, 4) is 0 Å². The highest BCUT2D eigenvalue weighted by atomic mass is 16.4. The van der Waals surface area contributed by atoms with E-state index in [9.17, 15) is 4.79 Å². The van der Waals surface area contributed by atoms with Crippen molar-refractivity contribution in [2.24, 2.45) is 0 Å². The molecule has 86 valence electrons. The molecule has 0 spiro atoms. The molecular formula is C13H17NO2. The third-order valence-corrected chi connectivity index (χ3v) is 3.33. The first kappa shape index (κ1) is 11.0. The maximum Gasteiger partial charge on any atom is 0.303 e. The zero-order valence-corrected chi connectivity index (χ0v) is 9.73. The van der Waals surface area contributed by atoms with Crippen molar-refractivity contribution in [3.63, 3.8) is 0 Å². The molecule has 3 heteroatoms. The van der Waals surface area contributed by atoms with Gasteiger partial charge in [0.05, 0.1) is 0 Å². The van der Waals surface area contributed by atoms with Gasteiger partial charge in [0, 0.05) is 25.2 Å². The lowest BCUT2D eigenvalue weighted by atomic mass is 10.0. The number of benzene rings is 1. The first-order valence-electron chi connectivity index (χ1n) is 5.64. The lowest BCUT2D eigenvalue weighted by Gasteiger charge is -2.18. The fourth-order valence-corrected chi connectivity index (χ4v) is 2.25. The minimum Gasteiger partial charge on any atom is -0.481 e. The van der Waals surface area contributed by atoms with Crippen LogP contribution in [0.15, 0.2) is 18.2 Å². The third-order valence-electron chi connectivity index (χ3n) is 3.33. The van der Waals surface area contributed by atoms with Crippen LogP contribution in [0.1, 0.15) is 24.5 Å². The molecule has 1 N–H and O–H groups in total. The molecule has 2 rings (SSSR count). The Balaban J connectivity index is 2.15. The zero-order valence-electron chi connectivity index (χ0n) is 9.73. The summed E-state index contributed by atoms with van der Waals surface area (Å²) in [6, 6.07) is 6.84. The number of carbonyl (C=O) groups is 1. The monoisotopic (exact) mass is 219 g/mol. The van der Waals surface area contributed by atoms with Crippen molar-refractivity contribution in [2.75, 3.05) is 11.9 Å². The highest BCUT2D eigenvalue weighted by molar-refractivity contribution is 5.67. The van der Waals surface area contributed by atoms with Gasteiger partial charge in [0.25, 0.3) is 0 Å². The van der Waals surface area contributed by atoms with Gasteiger partial charge in [-0.15, -0.1) is 0 Å². The van der Waals surface area contributed by atoms with Gasteiger partial charge in [0.1, 0.15) is 0 Å². The van der Waals surface area contributed by atoms with Crippen LogP contribution < -0.4 is 4.90 Å². The van der Waals surface area contributed by atoms with Crippen molar-refractivity contribution in [1.29, 1.82) is 0 Å². The summed E-state index contributed by atoms with van der Waals surface area (Å²) in [7, 11) is 2.10. The molecule has 0 saturated carbocycles. The molecule has 1 aliphatic rings. The molecule has 0 bridgehead atoms. The maximum absolute atomic E-state index is 10.5. The number of aryl methyl sites for hydroxylation is 1. The van der Waals surface area contributed by atoms with Gasteiger partial charge in [-0.2, -0.15) is 0 Å². The average Bonchev–Trinajstić information content (AvgIpc) is 2.52. The normalized spacial score (nSPS) is 18.6. The number of carboxylic acids is 1. The van der Waals surface area contributed by atoms with E-state index in [4.69, 9.17) is 5.11 Å². The Kier molecular flexibility index (Phi) is 2.86. The van der Waals surface area contributed by atoms with E-state index in [1.807, 2.05) is 6.07 Å². The number of fused-ring (bicyclic) bond motifs is 1. The van der Waals surface area contributed by atoms with E-state index in [0.29, 0.717) is 12.5 Å². The minimum atomic E-state index is -0.731. The van der Waals surface area contributed by atoms with E-state index >= 15 is 0 Å². The van der Waals surface area contributed by atoms with Crippen molar-refractivity contribution in [3.05, 3.63) is 29.3 Å². The molecule has 1 aromatic rings. The Morgan fingerprint density at radius 1 is 1.56 bits per heavy atom. The maximum atomic E-state index is 10.5. The molecule has 0 aromatic heterocycles. The van der Waals surface area contributed by atoms with Gasteiger partial charge in [-0.1, -0.05) is 12.1 Å². The third kappa shape index (κ3) is 2.03. The van der Waals surface area contributed by atoms with Crippen molar-refractivity contribution in [1.82, 2.24) is 0 Å². The highest BCUT2D eigenvalue weighted by Gasteiger charge is 2.22. The summed E-state index contributed by atoms with van der Waals surface area (Å²) >= 11 is 0. The Labute approximate surface area is 95.7 Å². The van der Waals surface area contributed by atoms with Crippen LogP contribution in [0.3, 0.4) is 0 Å². The summed E-state index contributed by atoms with van der Waals surface area (Å²) in [4.78, 5) is 12.8. The van der Waals surface area contributed by atoms with E-state index < -0.39 is 5.97 Å². The zero-order chi connectivity index (χ0) is 11.7. The molecule has 16 heavy (non-hydrogen) atoms. The van der Waals surface area contributed by atoms with Crippen LogP contribution in [-0.4, -0.2) is 24.2 Å². The van der Waals surface area contributed by atoms with E-state index in [1.54, 1.807) is 0 Å².